The van der Waals surface area contributed by atoms with Gasteiger partial charge in [-0.05, 0) is 18.2 Å². The third kappa shape index (κ3) is 2.78. The fourth-order valence-corrected chi connectivity index (χ4v) is 1.94. The molecule has 0 aliphatic rings. The molecule has 2 N–H and O–H groups in total. The Morgan fingerprint density at radius 2 is 2.09 bits per heavy atom. The number of carboxylic acids is 1. The standard InChI is InChI=1S/C13H8F3N5O2/c14-13(15,16)8-2-1-4-17-10(8)19-9-3-5-21-11(20-9)7(6-18-21)12(22)23/h1-6H,(H,22,23)(H,17,19,20). The molecule has 3 aromatic heterocycles. The van der Waals surface area contributed by atoms with Crippen LogP contribution in [0.3, 0.4) is 0 Å². The van der Waals surface area contributed by atoms with Crippen LogP contribution in [0.5, 0.6) is 0 Å². The van der Waals surface area contributed by atoms with Crippen molar-refractivity contribution in [2.45, 2.75) is 6.18 Å². The number of rotatable bonds is 3. The minimum Gasteiger partial charge on any atom is -0.477 e. The van der Waals surface area contributed by atoms with Crippen molar-refractivity contribution in [3.05, 3.63) is 47.9 Å². The average molecular weight is 323 g/mol. The molecule has 7 nitrogen and oxygen atoms in total. The van der Waals surface area contributed by atoms with Gasteiger partial charge in [-0.15, -0.1) is 0 Å². The van der Waals surface area contributed by atoms with Crippen molar-refractivity contribution in [2.75, 3.05) is 5.32 Å². The van der Waals surface area contributed by atoms with E-state index in [9.17, 15) is 18.0 Å². The van der Waals surface area contributed by atoms with E-state index in [0.717, 1.165) is 12.3 Å². The van der Waals surface area contributed by atoms with E-state index in [-0.39, 0.29) is 17.0 Å². The van der Waals surface area contributed by atoms with Crippen LogP contribution < -0.4 is 5.32 Å². The van der Waals surface area contributed by atoms with Gasteiger partial charge in [0.1, 0.15) is 17.2 Å². The number of alkyl halides is 3. The van der Waals surface area contributed by atoms with Crippen molar-refractivity contribution in [1.29, 1.82) is 0 Å². The normalized spacial score (nSPS) is 11.6. The van der Waals surface area contributed by atoms with Crippen LogP contribution in [0.15, 0.2) is 36.8 Å². The number of halogens is 3. The van der Waals surface area contributed by atoms with Gasteiger partial charge in [-0.25, -0.2) is 19.3 Å². The van der Waals surface area contributed by atoms with E-state index in [2.05, 4.69) is 20.4 Å². The van der Waals surface area contributed by atoms with Gasteiger partial charge in [0.2, 0.25) is 0 Å². The van der Waals surface area contributed by atoms with Gasteiger partial charge in [-0.2, -0.15) is 18.3 Å². The number of pyridine rings is 1. The fourth-order valence-electron chi connectivity index (χ4n) is 1.94. The highest BCUT2D eigenvalue weighted by atomic mass is 19.4. The number of nitrogens with one attached hydrogen (secondary N) is 1. The summed E-state index contributed by atoms with van der Waals surface area (Å²) in [6.45, 7) is 0. The van der Waals surface area contributed by atoms with Crippen LogP contribution in [-0.2, 0) is 6.18 Å². The molecule has 0 aliphatic heterocycles. The number of nitrogens with zero attached hydrogens (tertiary/aromatic N) is 4. The van der Waals surface area contributed by atoms with E-state index in [1.54, 1.807) is 0 Å². The van der Waals surface area contributed by atoms with Gasteiger partial charge in [-0.1, -0.05) is 0 Å². The van der Waals surface area contributed by atoms with Crippen molar-refractivity contribution in [2.24, 2.45) is 0 Å². The summed E-state index contributed by atoms with van der Waals surface area (Å²) in [4.78, 5) is 18.7. The molecule has 0 amide bonds. The molecule has 0 fully saturated rings. The van der Waals surface area contributed by atoms with Gasteiger partial charge in [-0.3, -0.25) is 0 Å². The summed E-state index contributed by atoms with van der Waals surface area (Å²) in [6, 6.07) is 3.42. The molecule has 3 rings (SSSR count). The van der Waals surface area contributed by atoms with E-state index in [4.69, 9.17) is 5.11 Å². The summed E-state index contributed by atoms with van der Waals surface area (Å²) in [5, 5.41) is 15.3. The Balaban J connectivity index is 2.03. The second-order valence-electron chi connectivity index (χ2n) is 4.47. The minimum atomic E-state index is -4.58. The molecule has 23 heavy (non-hydrogen) atoms. The van der Waals surface area contributed by atoms with Crippen molar-refractivity contribution < 1.29 is 23.1 Å². The molecule has 118 valence electrons. The van der Waals surface area contributed by atoms with Gasteiger partial charge in [0.25, 0.3) is 0 Å². The summed E-state index contributed by atoms with van der Waals surface area (Å²) >= 11 is 0. The van der Waals surface area contributed by atoms with Crippen LogP contribution in [0.25, 0.3) is 5.65 Å². The number of anilines is 2. The molecule has 3 aromatic rings. The molecule has 10 heteroatoms. The molecular formula is C13H8F3N5O2. The number of fused-ring (bicyclic) bond motifs is 1. The predicted molar refractivity (Wildman–Crippen MR) is 72.5 cm³/mol. The SMILES string of the molecule is O=C(O)c1cnn2ccc(Nc3ncccc3C(F)(F)F)nc12. The molecule has 0 spiro atoms. The molecule has 0 radical (unpaired) electrons. The van der Waals surface area contributed by atoms with Gasteiger partial charge in [0.05, 0.1) is 11.8 Å². The molecular weight excluding hydrogens is 315 g/mol. The monoisotopic (exact) mass is 323 g/mol. The number of carbonyl (C=O) groups is 1. The highest BCUT2D eigenvalue weighted by Crippen LogP contribution is 2.34. The van der Waals surface area contributed by atoms with E-state index < -0.39 is 23.5 Å². The van der Waals surface area contributed by atoms with Crippen LogP contribution in [0.1, 0.15) is 15.9 Å². The van der Waals surface area contributed by atoms with Gasteiger partial charge in [0, 0.05) is 12.4 Å². The Kier molecular flexibility index (Phi) is 3.36. The zero-order valence-corrected chi connectivity index (χ0v) is 11.2. The Morgan fingerprint density at radius 1 is 1.30 bits per heavy atom. The smallest absolute Gasteiger partial charge is 0.419 e. The van der Waals surface area contributed by atoms with Crippen LogP contribution in [0, 0.1) is 0 Å². The summed E-state index contributed by atoms with van der Waals surface area (Å²) < 4.78 is 40.0. The second kappa shape index (κ2) is 5.23. The Labute approximate surface area is 126 Å². The van der Waals surface area contributed by atoms with Crippen molar-refractivity contribution in [3.63, 3.8) is 0 Å². The van der Waals surface area contributed by atoms with E-state index in [1.165, 1.54) is 29.0 Å². The molecule has 0 aliphatic carbocycles. The summed E-state index contributed by atoms with van der Waals surface area (Å²) in [5.41, 5.74) is -1.11. The predicted octanol–water partition coefficient (Wildman–Crippen LogP) is 2.58. The maximum atomic E-state index is 12.9. The molecule has 0 saturated heterocycles. The zero-order chi connectivity index (χ0) is 16.6. The van der Waals surface area contributed by atoms with Crippen LogP contribution >= 0.6 is 0 Å². The van der Waals surface area contributed by atoms with Crippen LogP contribution in [0.2, 0.25) is 0 Å². The molecule has 0 aromatic carbocycles. The number of carboxylic acid groups (broad SMARTS) is 1. The first kappa shape index (κ1) is 14.8. The zero-order valence-electron chi connectivity index (χ0n) is 11.2. The highest BCUT2D eigenvalue weighted by molar-refractivity contribution is 5.94. The summed E-state index contributed by atoms with van der Waals surface area (Å²) in [7, 11) is 0. The lowest BCUT2D eigenvalue weighted by molar-refractivity contribution is -0.137. The number of hydrogen-bond acceptors (Lipinski definition) is 5. The van der Waals surface area contributed by atoms with Crippen LogP contribution in [0.4, 0.5) is 24.8 Å². The van der Waals surface area contributed by atoms with E-state index in [1.807, 2.05) is 0 Å². The van der Waals surface area contributed by atoms with Crippen molar-refractivity contribution in [1.82, 2.24) is 19.6 Å². The first-order valence-electron chi connectivity index (χ1n) is 6.23. The Bertz CT molecular complexity index is 891. The maximum Gasteiger partial charge on any atom is 0.419 e. The third-order valence-corrected chi connectivity index (χ3v) is 2.96. The lowest BCUT2D eigenvalue weighted by Crippen LogP contribution is -2.10. The Morgan fingerprint density at radius 3 is 2.78 bits per heavy atom. The van der Waals surface area contributed by atoms with Crippen molar-refractivity contribution >= 4 is 23.3 Å². The van der Waals surface area contributed by atoms with Gasteiger partial charge < -0.3 is 10.4 Å². The molecule has 3 heterocycles. The first-order valence-corrected chi connectivity index (χ1v) is 6.23. The van der Waals surface area contributed by atoms with Gasteiger partial charge in [0.15, 0.2) is 5.65 Å². The fraction of sp³-hybridized carbons (Fsp3) is 0.0769. The molecule has 0 unspecified atom stereocenters. The summed E-state index contributed by atoms with van der Waals surface area (Å²) in [6.07, 6.45) is -0.884. The lowest BCUT2D eigenvalue weighted by Gasteiger charge is -2.12. The third-order valence-electron chi connectivity index (χ3n) is 2.96. The molecule has 0 atom stereocenters. The highest BCUT2D eigenvalue weighted by Gasteiger charge is 2.34. The van der Waals surface area contributed by atoms with E-state index in [0.29, 0.717) is 0 Å². The number of hydrogen-bond donors (Lipinski definition) is 2. The summed E-state index contributed by atoms with van der Waals surface area (Å²) in [5.74, 6) is -1.64. The van der Waals surface area contributed by atoms with Crippen LogP contribution in [-0.4, -0.2) is 30.7 Å². The molecule has 0 saturated carbocycles. The largest absolute Gasteiger partial charge is 0.477 e. The lowest BCUT2D eigenvalue weighted by atomic mass is 10.2. The molecule has 0 bridgehead atoms. The number of aromatic nitrogens is 4. The first-order chi connectivity index (χ1) is 10.9. The Hall–Kier alpha value is -3.17. The van der Waals surface area contributed by atoms with E-state index >= 15 is 0 Å². The average Bonchev–Trinajstić information content (AvgIpc) is 2.90. The van der Waals surface area contributed by atoms with Crippen molar-refractivity contribution in [3.8, 4) is 0 Å². The second-order valence-corrected chi connectivity index (χ2v) is 4.47. The maximum absolute atomic E-state index is 12.9. The quantitative estimate of drug-likeness (QED) is 0.769. The minimum absolute atomic E-state index is 0.00647. The topological polar surface area (TPSA) is 92.4 Å². The number of aromatic carboxylic acids is 1. The van der Waals surface area contributed by atoms with Gasteiger partial charge >= 0.3 is 12.1 Å².